The molecule has 3 aromatic heterocycles. The molecule has 0 unspecified atom stereocenters. The lowest BCUT2D eigenvalue weighted by Gasteiger charge is -2.13. The fraction of sp³-hybridized carbons (Fsp3) is 0.407. The van der Waals surface area contributed by atoms with Crippen molar-refractivity contribution in [3.63, 3.8) is 0 Å². The minimum absolute atomic E-state index is 0.0772. The molecule has 1 saturated carbocycles. The highest BCUT2D eigenvalue weighted by molar-refractivity contribution is 7.89. The lowest BCUT2D eigenvalue weighted by molar-refractivity contribution is 0.341. The van der Waals surface area contributed by atoms with Crippen molar-refractivity contribution >= 4 is 15.5 Å². The molecule has 0 bridgehead atoms. The first-order valence-corrected chi connectivity index (χ1v) is 14.4. The number of hydrogen-bond donors (Lipinski definition) is 2. The Hall–Kier alpha value is -3.57. The number of fused-ring (bicyclic) bond motifs is 1. The maximum absolute atomic E-state index is 12.9. The smallest absolute Gasteiger partial charge is 0.277 e. The first kappa shape index (κ1) is 27.5. The number of benzene rings is 1. The molecule has 1 aliphatic carbocycles. The number of nitrogens with one attached hydrogen (secondary N) is 2. The molecule has 1 aromatic carbocycles. The van der Waals surface area contributed by atoms with Crippen LogP contribution in [-0.2, 0) is 10.0 Å². The quantitative estimate of drug-likeness (QED) is 0.361. The average molecular weight is 539 g/mol. The maximum atomic E-state index is 12.9. The summed E-state index contributed by atoms with van der Waals surface area (Å²) in [6.45, 7) is 8.03. The van der Waals surface area contributed by atoms with E-state index < -0.39 is 10.0 Å². The third-order valence-electron chi connectivity index (χ3n) is 6.38. The highest BCUT2D eigenvalue weighted by atomic mass is 32.2. The van der Waals surface area contributed by atoms with Crippen molar-refractivity contribution in [3.05, 3.63) is 70.2 Å². The Kier molecular flexibility index (Phi) is 8.58. The minimum atomic E-state index is -3.69. The van der Waals surface area contributed by atoms with Gasteiger partial charge in [-0.25, -0.2) is 22.6 Å². The predicted molar refractivity (Wildman–Crippen MR) is 146 cm³/mol. The first-order valence-electron chi connectivity index (χ1n) is 12.9. The van der Waals surface area contributed by atoms with Gasteiger partial charge in [0.2, 0.25) is 10.0 Å². The van der Waals surface area contributed by atoms with Crippen LogP contribution in [-0.4, -0.2) is 46.1 Å². The number of imidazole rings is 1. The molecule has 38 heavy (non-hydrogen) atoms. The molecule has 2 N–H and O–H groups in total. The zero-order valence-electron chi connectivity index (χ0n) is 22.2. The van der Waals surface area contributed by atoms with Gasteiger partial charge in [-0.15, -0.1) is 5.10 Å². The van der Waals surface area contributed by atoms with Crippen molar-refractivity contribution in [2.24, 2.45) is 0 Å². The standard InChI is InChI=1S/C21H27N5O4S.C6H7N/c1-4-22-31(28,29)15-10-11-17(30-5-2)16(12-15)19-24-21(27)18-13(3)23-20(26(18)25-19)14-8-6-7-9-14;1-6-3-2-4-7-5-6/h10-12,14,22H,4-9H2,1-3H3,(H,24,25,27);2-5H,1H3. The van der Waals surface area contributed by atoms with Crippen molar-refractivity contribution in [3.8, 4) is 17.1 Å². The van der Waals surface area contributed by atoms with E-state index in [2.05, 4.69) is 24.8 Å². The molecule has 1 aliphatic rings. The highest BCUT2D eigenvalue weighted by Crippen LogP contribution is 2.34. The second kappa shape index (κ2) is 11.9. The number of pyridine rings is 1. The molecule has 202 valence electrons. The van der Waals surface area contributed by atoms with E-state index >= 15 is 0 Å². The van der Waals surface area contributed by atoms with Gasteiger partial charge in [0.1, 0.15) is 11.6 Å². The molecule has 0 saturated heterocycles. The Morgan fingerprint density at radius 2 is 1.92 bits per heavy atom. The molecular weight excluding hydrogens is 504 g/mol. The summed E-state index contributed by atoms with van der Waals surface area (Å²) in [7, 11) is -3.69. The Bertz CT molecular complexity index is 1560. The molecule has 0 spiro atoms. The normalized spacial score (nSPS) is 13.9. The van der Waals surface area contributed by atoms with Crippen LogP contribution in [0.5, 0.6) is 5.75 Å². The summed E-state index contributed by atoms with van der Waals surface area (Å²) in [6.07, 6.45) is 7.90. The largest absolute Gasteiger partial charge is 0.493 e. The van der Waals surface area contributed by atoms with Crippen molar-refractivity contribution in [2.45, 2.75) is 64.2 Å². The van der Waals surface area contributed by atoms with Crippen molar-refractivity contribution in [2.75, 3.05) is 13.2 Å². The lowest BCUT2D eigenvalue weighted by atomic mass is 10.1. The summed E-state index contributed by atoms with van der Waals surface area (Å²) in [5, 5.41) is 4.69. The molecule has 1 fully saturated rings. The zero-order chi connectivity index (χ0) is 27.3. The number of aryl methyl sites for hydroxylation is 2. The van der Waals surface area contributed by atoms with E-state index in [1.165, 1.54) is 17.7 Å². The fourth-order valence-electron chi connectivity index (χ4n) is 4.63. The Morgan fingerprint density at radius 1 is 1.16 bits per heavy atom. The summed E-state index contributed by atoms with van der Waals surface area (Å²) in [4.78, 5) is 24.4. The van der Waals surface area contributed by atoms with E-state index in [1.54, 1.807) is 30.6 Å². The Balaban J connectivity index is 0.000000417. The highest BCUT2D eigenvalue weighted by Gasteiger charge is 2.26. The molecule has 0 atom stereocenters. The van der Waals surface area contributed by atoms with Crippen LogP contribution in [0.15, 0.2) is 52.4 Å². The summed E-state index contributed by atoms with van der Waals surface area (Å²) in [5.74, 6) is 1.73. The second-order valence-electron chi connectivity index (χ2n) is 9.22. The van der Waals surface area contributed by atoms with E-state index in [0.29, 0.717) is 29.1 Å². The topological polar surface area (TPSA) is 131 Å². The van der Waals surface area contributed by atoms with Crippen LogP contribution in [0.4, 0.5) is 0 Å². The van der Waals surface area contributed by atoms with Gasteiger partial charge >= 0.3 is 0 Å². The molecule has 11 heteroatoms. The van der Waals surface area contributed by atoms with Crippen LogP contribution in [0.1, 0.15) is 62.5 Å². The summed E-state index contributed by atoms with van der Waals surface area (Å²) in [5.41, 5.74) is 2.35. The van der Waals surface area contributed by atoms with Crippen LogP contribution in [0, 0.1) is 13.8 Å². The number of aromatic nitrogens is 5. The summed E-state index contributed by atoms with van der Waals surface area (Å²) < 4.78 is 34.9. The van der Waals surface area contributed by atoms with Crippen molar-refractivity contribution < 1.29 is 13.2 Å². The SMILES string of the molecule is CCNS(=O)(=O)c1ccc(OCC)c(-c2nn3c(C4CCCC4)nc(C)c3c(=O)[nH]2)c1.Cc1cccnc1. The number of rotatable bonds is 7. The molecule has 10 nitrogen and oxygen atoms in total. The Morgan fingerprint density at radius 3 is 2.53 bits per heavy atom. The van der Waals surface area contributed by atoms with Gasteiger partial charge in [-0.05, 0) is 63.4 Å². The minimum Gasteiger partial charge on any atom is -0.493 e. The van der Waals surface area contributed by atoms with Gasteiger partial charge in [0.15, 0.2) is 11.3 Å². The fourth-order valence-corrected chi connectivity index (χ4v) is 5.69. The molecule has 3 heterocycles. The average Bonchev–Trinajstić information content (AvgIpc) is 3.53. The lowest BCUT2D eigenvalue weighted by Crippen LogP contribution is -2.23. The van der Waals surface area contributed by atoms with Gasteiger partial charge in [0, 0.05) is 24.9 Å². The van der Waals surface area contributed by atoms with Crippen LogP contribution in [0.2, 0.25) is 0 Å². The van der Waals surface area contributed by atoms with Crippen LogP contribution in [0.3, 0.4) is 0 Å². The van der Waals surface area contributed by atoms with Gasteiger partial charge in [0.05, 0.1) is 22.8 Å². The molecular formula is C27H34N6O4S. The number of hydrogen-bond acceptors (Lipinski definition) is 7. The molecule has 5 rings (SSSR count). The van der Waals surface area contributed by atoms with Crippen LogP contribution >= 0.6 is 0 Å². The van der Waals surface area contributed by atoms with Crippen LogP contribution in [0.25, 0.3) is 16.9 Å². The van der Waals surface area contributed by atoms with Gasteiger partial charge in [-0.1, -0.05) is 25.8 Å². The van der Waals surface area contributed by atoms with Crippen molar-refractivity contribution in [1.82, 2.24) is 29.3 Å². The third kappa shape index (κ3) is 5.94. The van der Waals surface area contributed by atoms with E-state index in [9.17, 15) is 13.2 Å². The van der Waals surface area contributed by atoms with E-state index in [4.69, 9.17) is 4.74 Å². The monoisotopic (exact) mass is 538 g/mol. The third-order valence-corrected chi connectivity index (χ3v) is 7.92. The number of ether oxygens (including phenoxy) is 1. The summed E-state index contributed by atoms with van der Waals surface area (Å²) in [6, 6.07) is 8.49. The van der Waals surface area contributed by atoms with Gasteiger partial charge in [-0.3, -0.25) is 9.78 Å². The van der Waals surface area contributed by atoms with Gasteiger partial charge < -0.3 is 9.72 Å². The second-order valence-corrected chi connectivity index (χ2v) is 11.0. The number of nitrogens with zero attached hydrogens (tertiary/aromatic N) is 4. The predicted octanol–water partition coefficient (Wildman–Crippen LogP) is 4.14. The molecule has 0 radical (unpaired) electrons. The Labute approximate surface area is 222 Å². The van der Waals surface area contributed by atoms with Crippen LogP contribution < -0.4 is 15.0 Å². The molecule has 4 aromatic rings. The van der Waals surface area contributed by atoms with Gasteiger partial charge in [-0.2, -0.15) is 0 Å². The summed E-state index contributed by atoms with van der Waals surface area (Å²) >= 11 is 0. The van der Waals surface area contributed by atoms with Gasteiger partial charge in [0.25, 0.3) is 5.56 Å². The van der Waals surface area contributed by atoms with E-state index in [0.717, 1.165) is 31.5 Å². The maximum Gasteiger partial charge on any atom is 0.277 e. The number of aromatic amines is 1. The molecule has 0 aliphatic heterocycles. The van der Waals surface area contributed by atoms with Crippen molar-refractivity contribution in [1.29, 1.82) is 0 Å². The number of sulfonamides is 1. The zero-order valence-corrected chi connectivity index (χ0v) is 23.0. The number of H-pyrrole nitrogens is 1. The first-order chi connectivity index (χ1) is 18.2. The van der Waals surface area contributed by atoms with E-state index in [1.807, 2.05) is 32.2 Å². The molecule has 0 amide bonds. The van der Waals surface area contributed by atoms with E-state index in [-0.39, 0.29) is 28.7 Å².